The van der Waals surface area contributed by atoms with Crippen LogP contribution in [0.3, 0.4) is 0 Å². The summed E-state index contributed by atoms with van der Waals surface area (Å²) in [5.74, 6) is -0.00329. The van der Waals surface area contributed by atoms with Gasteiger partial charge in [-0.25, -0.2) is 4.68 Å². The minimum Gasteiger partial charge on any atom is -0.353 e. The molecular weight excluding hydrogens is 280 g/mol. The van der Waals surface area contributed by atoms with E-state index >= 15 is 0 Å². The Morgan fingerprint density at radius 2 is 2.18 bits per heavy atom. The van der Waals surface area contributed by atoms with Crippen LogP contribution in [0.5, 0.6) is 0 Å². The smallest absolute Gasteiger partial charge is 0.266 e. The summed E-state index contributed by atoms with van der Waals surface area (Å²) in [6.07, 6.45) is 6.01. The summed E-state index contributed by atoms with van der Waals surface area (Å²) in [6, 6.07) is 5.37. The quantitative estimate of drug-likeness (QED) is 0.889. The Labute approximate surface area is 128 Å². The standard InChI is InChI=1S/C16H18N4O2/c1-20-16(22)10-12-9-13(2-3-14(12)19-20)18-15(21)8-11-4-6-17-7-5-11/h4-7,10,13H,2-3,8-9H2,1H3,(H,18,21). The number of carbonyl (C=O) groups is 1. The minimum absolute atomic E-state index is 0.00329. The number of nitrogens with zero attached hydrogens (tertiary/aromatic N) is 3. The number of hydrogen-bond acceptors (Lipinski definition) is 4. The third-order valence-corrected chi connectivity index (χ3v) is 3.93. The first-order valence-electron chi connectivity index (χ1n) is 7.36. The predicted molar refractivity (Wildman–Crippen MR) is 81.4 cm³/mol. The molecule has 3 rings (SSSR count). The fourth-order valence-corrected chi connectivity index (χ4v) is 2.77. The van der Waals surface area contributed by atoms with E-state index in [2.05, 4.69) is 15.4 Å². The number of fused-ring (bicyclic) bond motifs is 1. The molecular formula is C16H18N4O2. The van der Waals surface area contributed by atoms with Crippen LogP contribution in [0, 0.1) is 0 Å². The number of amides is 1. The largest absolute Gasteiger partial charge is 0.353 e. The van der Waals surface area contributed by atoms with Gasteiger partial charge in [-0.2, -0.15) is 5.10 Å². The van der Waals surface area contributed by atoms with Gasteiger partial charge in [0, 0.05) is 31.5 Å². The number of hydrogen-bond donors (Lipinski definition) is 1. The van der Waals surface area contributed by atoms with Gasteiger partial charge in [-0.15, -0.1) is 0 Å². The summed E-state index contributed by atoms with van der Waals surface area (Å²) >= 11 is 0. The molecule has 0 saturated carbocycles. The lowest BCUT2D eigenvalue weighted by molar-refractivity contribution is -0.121. The SMILES string of the molecule is Cn1nc2c(cc1=O)CC(NC(=O)Cc1ccncc1)CC2. The van der Waals surface area contributed by atoms with Gasteiger partial charge < -0.3 is 5.32 Å². The number of rotatable bonds is 3. The number of carbonyl (C=O) groups excluding carboxylic acids is 1. The van der Waals surface area contributed by atoms with E-state index in [0.29, 0.717) is 12.8 Å². The van der Waals surface area contributed by atoms with Gasteiger partial charge in [0.2, 0.25) is 5.91 Å². The van der Waals surface area contributed by atoms with E-state index < -0.39 is 0 Å². The fraction of sp³-hybridized carbons (Fsp3) is 0.375. The molecule has 0 aliphatic heterocycles. The summed E-state index contributed by atoms with van der Waals surface area (Å²) in [6.45, 7) is 0. The molecule has 0 fully saturated rings. The molecule has 0 aromatic carbocycles. The maximum atomic E-state index is 12.1. The highest BCUT2D eigenvalue weighted by Gasteiger charge is 2.22. The first-order chi connectivity index (χ1) is 10.6. The second-order valence-electron chi connectivity index (χ2n) is 5.62. The fourth-order valence-electron chi connectivity index (χ4n) is 2.77. The van der Waals surface area contributed by atoms with Gasteiger partial charge in [0.05, 0.1) is 12.1 Å². The Balaban J connectivity index is 1.64. The van der Waals surface area contributed by atoms with Crippen molar-refractivity contribution in [3.05, 3.63) is 57.8 Å². The van der Waals surface area contributed by atoms with Gasteiger partial charge in [-0.3, -0.25) is 14.6 Å². The van der Waals surface area contributed by atoms with Gasteiger partial charge in [-0.05, 0) is 42.5 Å². The topological polar surface area (TPSA) is 76.9 Å². The number of nitrogens with one attached hydrogen (secondary N) is 1. The van der Waals surface area contributed by atoms with Crippen LogP contribution in [-0.4, -0.2) is 26.7 Å². The van der Waals surface area contributed by atoms with Gasteiger partial charge in [0.1, 0.15) is 0 Å². The molecule has 1 aliphatic carbocycles. The van der Waals surface area contributed by atoms with E-state index in [9.17, 15) is 9.59 Å². The Bertz CT molecular complexity index is 740. The second kappa shape index (κ2) is 6.09. The molecule has 114 valence electrons. The molecule has 1 atom stereocenters. The van der Waals surface area contributed by atoms with Crippen LogP contribution in [0.1, 0.15) is 23.2 Å². The lowest BCUT2D eigenvalue weighted by Crippen LogP contribution is -2.40. The van der Waals surface area contributed by atoms with Crippen molar-refractivity contribution in [3.8, 4) is 0 Å². The van der Waals surface area contributed by atoms with Crippen LogP contribution >= 0.6 is 0 Å². The molecule has 2 heterocycles. The van der Waals surface area contributed by atoms with Crippen molar-refractivity contribution in [2.75, 3.05) is 0 Å². The third kappa shape index (κ3) is 3.21. The predicted octanol–water partition coefficient (Wildman–Crippen LogP) is 0.391. The summed E-state index contributed by atoms with van der Waals surface area (Å²) in [5.41, 5.74) is 2.74. The van der Waals surface area contributed by atoms with Crippen molar-refractivity contribution in [3.63, 3.8) is 0 Å². The van der Waals surface area contributed by atoms with Crippen molar-refractivity contribution in [1.82, 2.24) is 20.1 Å². The summed E-state index contributed by atoms with van der Waals surface area (Å²) in [7, 11) is 1.66. The van der Waals surface area contributed by atoms with E-state index in [1.165, 1.54) is 4.68 Å². The molecule has 6 heteroatoms. The summed E-state index contributed by atoms with van der Waals surface area (Å²) < 4.78 is 1.36. The molecule has 22 heavy (non-hydrogen) atoms. The van der Waals surface area contributed by atoms with E-state index in [-0.39, 0.29) is 17.5 Å². The van der Waals surface area contributed by atoms with Gasteiger partial charge in [0.15, 0.2) is 0 Å². The Hall–Kier alpha value is -2.50. The molecule has 0 spiro atoms. The first kappa shape index (κ1) is 14.4. The van der Waals surface area contributed by atoms with Crippen molar-refractivity contribution < 1.29 is 4.79 Å². The molecule has 6 nitrogen and oxygen atoms in total. The van der Waals surface area contributed by atoms with E-state index in [4.69, 9.17) is 0 Å². The zero-order valence-electron chi connectivity index (χ0n) is 12.5. The Morgan fingerprint density at radius 3 is 2.95 bits per heavy atom. The monoisotopic (exact) mass is 298 g/mol. The lowest BCUT2D eigenvalue weighted by Gasteiger charge is -2.24. The molecule has 2 aromatic heterocycles. The molecule has 1 N–H and O–H groups in total. The maximum absolute atomic E-state index is 12.1. The van der Waals surface area contributed by atoms with Crippen molar-refractivity contribution in [1.29, 1.82) is 0 Å². The Morgan fingerprint density at radius 1 is 1.41 bits per heavy atom. The molecule has 0 saturated heterocycles. The van der Waals surface area contributed by atoms with Gasteiger partial charge in [0.25, 0.3) is 5.56 Å². The maximum Gasteiger partial charge on any atom is 0.266 e. The van der Waals surface area contributed by atoms with Crippen molar-refractivity contribution in [2.24, 2.45) is 7.05 Å². The normalized spacial score (nSPS) is 16.9. The average molecular weight is 298 g/mol. The van der Waals surface area contributed by atoms with Crippen LogP contribution in [0.4, 0.5) is 0 Å². The molecule has 0 radical (unpaired) electrons. The number of aryl methyl sites for hydroxylation is 2. The molecule has 2 aromatic rings. The van der Waals surface area contributed by atoms with Crippen LogP contribution in [0.2, 0.25) is 0 Å². The van der Waals surface area contributed by atoms with E-state index in [1.54, 1.807) is 25.5 Å². The van der Waals surface area contributed by atoms with Crippen molar-refractivity contribution in [2.45, 2.75) is 31.7 Å². The summed E-state index contributed by atoms with van der Waals surface area (Å²) in [5, 5.41) is 7.33. The summed E-state index contributed by atoms with van der Waals surface area (Å²) in [4.78, 5) is 27.7. The van der Waals surface area contributed by atoms with Crippen LogP contribution in [-0.2, 0) is 31.1 Å². The number of aromatic nitrogens is 3. The highest BCUT2D eigenvalue weighted by Crippen LogP contribution is 2.18. The highest BCUT2D eigenvalue weighted by molar-refractivity contribution is 5.78. The Kier molecular flexibility index (Phi) is 4.00. The van der Waals surface area contributed by atoms with Crippen LogP contribution in [0.15, 0.2) is 35.4 Å². The highest BCUT2D eigenvalue weighted by atomic mass is 16.1. The number of pyridine rings is 1. The molecule has 1 aliphatic rings. The van der Waals surface area contributed by atoms with E-state index in [1.807, 2.05) is 12.1 Å². The van der Waals surface area contributed by atoms with Gasteiger partial charge >= 0.3 is 0 Å². The second-order valence-corrected chi connectivity index (χ2v) is 5.62. The van der Waals surface area contributed by atoms with Crippen LogP contribution < -0.4 is 10.9 Å². The van der Waals surface area contributed by atoms with E-state index in [0.717, 1.165) is 29.7 Å². The third-order valence-electron chi connectivity index (χ3n) is 3.93. The lowest BCUT2D eigenvalue weighted by atomic mass is 9.92. The molecule has 1 unspecified atom stereocenters. The molecule has 0 bridgehead atoms. The zero-order chi connectivity index (χ0) is 15.5. The van der Waals surface area contributed by atoms with Gasteiger partial charge in [-0.1, -0.05) is 0 Å². The average Bonchev–Trinajstić information content (AvgIpc) is 2.49. The van der Waals surface area contributed by atoms with Crippen molar-refractivity contribution >= 4 is 5.91 Å². The van der Waals surface area contributed by atoms with Crippen LogP contribution in [0.25, 0.3) is 0 Å². The first-order valence-corrected chi connectivity index (χ1v) is 7.36. The minimum atomic E-state index is -0.109. The zero-order valence-corrected chi connectivity index (χ0v) is 12.5. The molecule has 1 amide bonds.